The van der Waals surface area contributed by atoms with Crippen molar-refractivity contribution >= 4 is 52.1 Å². The monoisotopic (exact) mass is 346 g/mol. The maximum absolute atomic E-state index is 10.7. The van der Waals surface area contributed by atoms with Gasteiger partial charge in [-0.15, -0.1) is 21.5 Å². The first-order valence-electron chi connectivity index (χ1n) is 5.98. The van der Waals surface area contributed by atoms with E-state index in [-0.39, 0.29) is 11.7 Å². The molecule has 0 bridgehead atoms. The predicted molar refractivity (Wildman–Crippen MR) is 85.5 cm³/mol. The number of thiazole rings is 1. The minimum Gasteiger partial charge on any atom is -0.369 e. The molecule has 5 nitrogen and oxygen atoms in total. The minimum atomic E-state index is -0.342. The largest absolute Gasteiger partial charge is 0.369 e. The van der Waals surface area contributed by atoms with Gasteiger partial charge in [0.25, 0.3) is 0 Å². The van der Waals surface area contributed by atoms with Crippen molar-refractivity contribution in [2.75, 3.05) is 5.75 Å². The summed E-state index contributed by atoms with van der Waals surface area (Å²) in [5, 5.41) is 11.4. The van der Waals surface area contributed by atoms with Gasteiger partial charge in [-0.1, -0.05) is 41.8 Å². The molecule has 0 aliphatic heterocycles. The van der Waals surface area contributed by atoms with Crippen LogP contribution in [0.2, 0.25) is 0 Å². The van der Waals surface area contributed by atoms with Gasteiger partial charge in [-0.25, -0.2) is 4.98 Å². The van der Waals surface area contributed by atoms with E-state index < -0.39 is 0 Å². The number of amides is 1. The number of carbonyl (C=O) groups is 1. The molecule has 1 amide bonds. The van der Waals surface area contributed by atoms with Crippen LogP contribution >= 0.6 is 46.2 Å². The summed E-state index contributed by atoms with van der Waals surface area (Å²) in [5.74, 6) is 0.700. The molecule has 0 saturated carbocycles. The second-order valence-electron chi connectivity index (χ2n) is 3.86. The minimum absolute atomic E-state index is 0.242. The van der Waals surface area contributed by atoms with Crippen LogP contribution in [0.3, 0.4) is 0 Å². The highest BCUT2D eigenvalue weighted by Gasteiger charge is 2.08. The molecule has 0 spiro atoms. The first kappa shape index (κ1) is 15.7. The average molecular weight is 347 g/mol. The van der Waals surface area contributed by atoms with E-state index in [1.807, 2.05) is 0 Å². The van der Waals surface area contributed by atoms with Crippen molar-refractivity contribution in [3.8, 4) is 0 Å². The Kier molecular flexibility index (Phi) is 6.27. The highest BCUT2D eigenvalue weighted by Crippen LogP contribution is 2.30. The Bertz CT molecular complexity index is 568. The zero-order chi connectivity index (χ0) is 14.4. The second-order valence-corrected chi connectivity index (χ2v) is 8.23. The smallest absolute Gasteiger partial charge is 0.227 e. The van der Waals surface area contributed by atoms with Gasteiger partial charge in [-0.05, 0) is 12.8 Å². The van der Waals surface area contributed by atoms with Gasteiger partial charge in [0.05, 0.1) is 16.5 Å². The van der Waals surface area contributed by atoms with Crippen molar-refractivity contribution in [1.29, 1.82) is 0 Å². The maximum Gasteiger partial charge on any atom is 0.227 e. The van der Waals surface area contributed by atoms with Gasteiger partial charge in [0, 0.05) is 11.1 Å². The molecule has 9 heteroatoms. The van der Waals surface area contributed by atoms with Crippen molar-refractivity contribution in [3.63, 3.8) is 0 Å². The zero-order valence-electron chi connectivity index (χ0n) is 10.9. The molecule has 2 N–H and O–H groups in total. The quantitative estimate of drug-likeness (QED) is 0.740. The molecule has 2 aromatic rings. The van der Waals surface area contributed by atoms with Crippen LogP contribution in [0.4, 0.5) is 0 Å². The summed E-state index contributed by atoms with van der Waals surface area (Å²) in [5.41, 5.74) is 6.18. The van der Waals surface area contributed by atoms with E-state index in [1.165, 1.54) is 28.1 Å². The Morgan fingerprint density at radius 1 is 1.35 bits per heavy atom. The second kappa shape index (κ2) is 7.96. The number of hydrogen-bond acceptors (Lipinski definition) is 8. The number of primary amides is 1. The fourth-order valence-electron chi connectivity index (χ4n) is 1.33. The molecule has 20 heavy (non-hydrogen) atoms. The molecule has 0 aliphatic rings. The summed E-state index contributed by atoms with van der Waals surface area (Å²) in [6.45, 7) is 2.16. The van der Waals surface area contributed by atoms with Crippen molar-refractivity contribution < 1.29 is 4.79 Å². The van der Waals surface area contributed by atoms with Crippen molar-refractivity contribution in [2.24, 2.45) is 5.73 Å². The lowest BCUT2D eigenvalue weighted by Crippen LogP contribution is -2.12. The molecule has 0 aromatic carbocycles. The molecule has 2 rings (SSSR count). The van der Waals surface area contributed by atoms with E-state index in [4.69, 9.17) is 5.73 Å². The molecule has 2 heterocycles. The molecule has 0 unspecified atom stereocenters. The van der Waals surface area contributed by atoms with Crippen LogP contribution in [0.25, 0.3) is 0 Å². The molecule has 2 aromatic heterocycles. The van der Waals surface area contributed by atoms with Crippen LogP contribution < -0.4 is 5.73 Å². The standard InChI is InChI=1S/C11H14N4OS4/c1-2-3-9-13-7(4-17-9)5-18-10-14-15-11(20-10)19-6-8(12)16/h4H,2-3,5-6H2,1H3,(H2,12,16). The SMILES string of the molecule is CCCc1nc(CSc2nnc(SCC(N)=O)s2)cs1. The molecular formula is C11H14N4OS4. The fourth-order valence-corrected chi connectivity index (χ4v) is 4.98. The van der Waals surface area contributed by atoms with Crippen LogP contribution in [-0.4, -0.2) is 26.8 Å². The predicted octanol–water partition coefficient (Wildman–Crippen LogP) is 2.82. The number of nitrogens with two attached hydrogens (primary N) is 1. The van der Waals surface area contributed by atoms with E-state index >= 15 is 0 Å². The first-order chi connectivity index (χ1) is 9.67. The van der Waals surface area contributed by atoms with Crippen LogP contribution in [0.15, 0.2) is 14.1 Å². The van der Waals surface area contributed by atoms with Crippen molar-refractivity contribution in [2.45, 2.75) is 34.2 Å². The van der Waals surface area contributed by atoms with Gasteiger partial charge >= 0.3 is 0 Å². The molecular weight excluding hydrogens is 332 g/mol. The van der Waals surface area contributed by atoms with Gasteiger partial charge in [0.15, 0.2) is 8.68 Å². The van der Waals surface area contributed by atoms with Gasteiger partial charge in [0.1, 0.15) is 0 Å². The number of thioether (sulfide) groups is 2. The summed E-state index contributed by atoms with van der Waals surface area (Å²) in [6.07, 6.45) is 2.17. The maximum atomic E-state index is 10.7. The Morgan fingerprint density at radius 3 is 2.80 bits per heavy atom. The zero-order valence-corrected chi connectivity index (χ0v) is 14.1. The molecule has 0 saturated heterocycles. The number of hydrogen-bond donors (Lipinski definition) is 1. The molecule has 0 atom stereocenters. The van der Waals surface area contributed by atoms with E-state index in [1.54, 1.807) is 23.1 Å². The van der Waals surface area contributed by atoms with Crippen LogP contribution in [0.5, 0.6) is 0 Å². The van der Waals surface area contributed by atoms with E-state index in [2.05, 4.69) is 27.5 Å². The Morgan fingerprint density at radius 2 is 2.10 bits per heavy atom. The topological polar surface area (TPSA) is 81.8 Å². The molecule has 0 radical (unpaired) electrons. The lowest BCUT2D eigenvalue weighted by molar-refractivity contribution is -0.115. The fraction of sp³-hybridized carbons (Fsp3) is 0.455. The summed E-state index contributed by atoms with van der Waals surface area (Å²) < 4.78 is 1.67. The summed E-state index contributed by atoms with van der Waals surface area (Å²) in [4.78, 5) is 15.3. The van der Waals surface area contributed by atoms with Crippen molar-refractivity contribution in [1.82, 2.24) is 15.2 Å². The van der Waals surface area contributed by atoms with Gasteiger partial charge in [-0.3, -0.25) is 4.79 Å². The van der Waals surface area contributed by atoms with Gasteiger partial charge in [-0.2, -0.15) is 0 Å². The van der Waals surface area contributed by atoms with Crippen LogP contribution in [-0.2, 0) is 17.0 Å². The molecule has 0 fully saturated rings. The summed E-state index contributed by atoms with van der Waals surface area (Å²) >= 11 is 6.14. The van der Waals surface area contributed by atoms with Crippen LogP contribution in [0.1, 0.15) is 24.0 Å². The number of aryl methyl sites for hydroxylation is 1. The summed E-state index contributed by atoms with van der Waals surface area (Å²) in [6, 6.07) is 0. The Balaban J connectivity index is 1.82. The Labute approximate surface area is 133 Å². The van der Waals surface area contributed by atoms with Gasteiger partial charge < -0.3 is 5.73 Å². The molecule has 108 valence electrons. The van der Waals surface area contributed by atoms with E-state index in [9.17, 15) is 4.79 Å². The third-order valence-corrected chi connectivity index (χ3v) is 6.34. The molecule has 0 aliphatic carbocycles. The first-order valence-corrected chi connectivity index (χ1v) is 9.64. The highest BCUT2D eigenvalue weighted by molar-refractivity contribution is 8.03. The van der Waals surface area contributed by atoms with Crippen molar-refractivity contribution in [3.05, 3.63) is 16.1 Å². The van der Waals surface area contributed by atoms with E-state index in [0.29, 0.717) is 0 Å². The van der Waals surface area contributed by atoms with Gasteiger partial charge in [0.2, 0.25) is 5.91 Å². The number of aromatic nitrogens is 3. The van der Waals surface area contributed by atoms with E-state index in [0.717, 1.165) is 33.0 Å². The highest BCUT2D eigenvalue weighted by atomic mass is 32.2. The number of carbonyl (C=O) groups excluding carboxylic acids is 1. The normalized spacial score (nSPS) is 10.8. The third kappa shape index (κ3) is 5.04. The number of rotatable bonds is 8. The Hall–Kier alpha value is -0.640. The third-order valence-electron chi connectivity index (χ3n) is 2.13. The lowest BCUT2D eigenvalue weighted by atomic mass is 10.3. The average Bonchev–Trinajstić information content (AvgIpc) is 3.03. The number of nitrogens with zero attached hydrogens (tertiary/aromatic N) is 3. The lowest BCUT2D eigenvalue weighted by Gasteiger charge is -1.92. The summed E-state index contributed by atoms with van der Waals surface area (Å²) in [7, 11) is 0. The van der Waals surface area contributed by atoms with Crippen LogP contribution in [0, 0.1) is 0 Å².